The Morgan fingerprint density at radius 3 is 2.32 bits per heavy atom. The molecule has 6 fully saturated rings. The number of nitrogens with zero attached hydrogens (tertiary/aromatic N) is 1. The van der Waals surface area contributed by atoms with Gasteiger partial charge in [-0.25, -0.2) is 4.79 Å². The molecule has 0 N–H and O–H groups in total. The molecule has 0 aromatic heterocycles. The van der Waals surface area contributed by atoms with E-state index in [1.54, 1.807) is 4.90 Å². The molecule has 4 aliphatic carbocycles. The average Bonchev–Trinajstić information content (AvgIpc) is 3.76. The molecule has 0 radical (unpaired) electrons. The second-order valence-electron chi connectivity index (χ2n) is 20.3. The maximum atomic E-state index is 13.8. The lowest BCUT2D eigenvalue weighted by atomic mass is 9.44. The van der Waals surface area contributed by atoms with E-state index in [0.717, 1.165) is 65.9 Å². The standard InChI is InChI=1S/C50H70ClNO7/c1-32(2)13-12-14-33(3)39-21-22-40-38-20-19-36-27-37(23-25-49(36,4)41(38)24-26-50(39,40)5)56-47-44-46(59-48(54)52(44)29-34-15-8-6-9-16-34)45(58-43(53)28-51)42(57-47)31-55-30-35-17-10-7-11-18-35/h6-11,15-18,32-33,36-42,44-47H,12-14,19-31H2,1-5H3/t33-,36?,37+,38+,39-,40+,41+,42-,44-,45-,46-,47+,49+,50-/m1/s1. The van der Waals surface area contributed by atoms with Crippen LogP contribution >= 0.6 is 11.6 Å². The molecule has 2 aromatic rings. The summed E-state index contributed by atoms with van der Waals surface area (Å²) in [6, 6.07) is 19.2. The molecule has 14 atom stereocenters. The van der Waals surface area contributed by atoms with Crippen LogP contribution in [0.15, 0.2) is 60.7 Å². The predicted molar refractivity (Wildman–Crippen MR) is 229 cm³/mol. The molecule has 9 heteroatoms. The third kappa shape index (κ3) is 8.86. The lowest BCUT2D eigenvalue weighted by Crippen LogP contribution is -2.63. The van der Waals surface area contributed by atoms with Crippen LogP contribution in [0.2, 0.25) is 0 Å². The van der Waals surface area contributed by atoms with E-state index in [0.29, 0.717) is 29.9 Å². The first-order valence-corrected chi connectivity index (χ1v) is 23.7. The molecule has 324 valence electrons. The topological polar surface area (TPSA) is 83.5 Å². The van der Waals surface area contributed by atoms with Crippen molar-refractivity contribution in [3.8, 4) is 0 Å². The number of rotatable bonds is 15. The number of halogens is 1. The highest BCUT2D eigenvalue weighted by Gasteiger charge is 2.62. The number of esters is 1. The quantitative estimate of drug-likeness (QED) is 0.100. The summed E-state index contributed by atoms with van der Waals surface area (Å²) in [5.74, 6) is 4.62. The van der Waals surface area contributed by atoms with Crippen molar-refractivity contribution >= 4 is 23.7 Å². The van der Waals surface area contributed by atoms with Gasteiger partial charge in [0.25, 0.3) is 0 Å². The third-order valence-electron chi connectivity index (χ3n) is 16.6. The van der Waals surface area contributed by atoms with Crippen LogP contribution in [0.25, 0.3) is 0 Å². The molecule has 2 saturated heterocycles. The molecule has 0 bridgehead atoms. The molecule has 0 spiro atoms. The van der Waals surface area contributed by atoms with E-state index in [-0.39, 0.29) is 18.6 Å². The highest BCUT2D eigenvalue weighted by molar-refractivity contribution is 6.26. The van der Waals surface area contributed by atoms with Gasteiger partial charge in [-0.05, 0) is 121 Å². The average molecular weight is 833 g/mol. The van der Waals surface area contributed by atoms with Crippen LogP contribution < -0.4 is 0 Å². The van der Waals surface area contributed by atoms with Crippen molar-refractivity contribution in [1.82, 2.24) is 4.90 Å². The zero-order valence-corrected chi connectivity index (χ0v) is 37.0. The van der Waals surface area contributed by atoms with Gasteiger partial charge in [-0.2, -0.15) is 0 Å². The van der Waals surface area contributed by atoms with Gasteiger partial charge >= 0.3 is 12.1 Å². The number of carbonyl (C=O) groups excluding carboxylic acids is 2. The van der Waals surface area contributed by atoms with Gasteiger partial charge in [-0.3, -0.25) is 9.69 Å². The van der Waals surface area contributed by atoms with Crippen molar-refractivity contribution < 1.29 is 33.3 Å². The van der Waals surface area contributed by atoms with Gasteiger partial charge in [0.1, 0.15) is 18.0 Å². The second-order valence-corrected chi connectivity index (χ2v) is 20.6. The number of carbonyl (C=O) groups is 2. The Morgan fingerprint density at radius 2 is 1.59 bits per heavy atom. The van der Waals surface area contributed by atoms with Crippen molar-refractivity contribution in [3.63, 3.8) is 0 Å². The SMILES string of the molecule is CC(C)CCC[C@@H](C)[C@H]1CC[C@H]2[C@@H]3CCC4C[C@@H](O[C@H]5O[C@H](COCc6ccccc6)[C@@H](OC(=O)CCl)[C@@H]6OC(=O)N(Cc7ccccc7)[C@@H]56)CC[C@]4(C)[C@H]3CC[C@]12C. The zero-order valence-electron chi connectivity index (χ0n) is 36.3. The fourth-order valence-corrected chi connectivity index (χ4v) is 13.7. The second kappa shape index (κ2) is 18.4. The molecular weight excluding hydrogens is 762 g/mol. The Hall–Kier alpha value is -2.65. The van der Waals surface area contributed by atoms with Gasteiger partial charge in [-0.15, -0.1) is 11.6 Å². The number of hydrogen-bond donors (Lipinski definition) is 0. The number of fused-ring (bicyclic) bond motifs is 6. The third-order valence-corrected chi connectivity index (χ3v) is 16.8. The summed E-state index contributed by atoms with van der Waals surface area (Å²) in [7, 11) is 0. The van der Waals surface area contributed by atoms with Crippen molar-refractivity contribution in [2.45, 2.75) is 162 Å². The molecule has 4 saturated carbocycles. The molecule has 8 nitrogen and oxygen atoms in total. The summed E-state index contributed by atoms with van der Waals surface area (Å²) in [5, 5.41) is 0. The highest BCUT2D eigenvalue weighted by Crippen LogP contribution is 2.68. The van der Waals surface area contributed by atoms with Crippen molar-refractivity contribution in [3.05, 3.63) is 71.8 Å². The fourth-order valence-electron chi connectivity index (χ4n) is 13.6. The minimum atomic E-state index is -0.910. The molecule has 2 aromatic carbocycles. The van der Waals surface area contributed by atoms with E-state index in [2.05, 4.69) is 34.6 Å². The maximum Gasteiger partial charge on any atom is 0.411 e. The van der Waals surface area contributed by atoms with Crippen LogP contribution in [0.1, 0.15) is 123 Å². The van der Waals surface area contributed by atoms with Crippen LogP contribution in [-0.2, 0) is 41.6 Å². The largest absolute Gasteiger partial charge is 0.455 e. The normalized spacial score (nSPS) is 38.2. The highest BCUT2D eigenvalue weighted by atomic mass is 35.5. The number of alkyl halides is 1. The molecule has 2 aliphatic heterocycles. The number of hydrogen-bond acceptors (Lipinski definition) is 7. The van der Waals surface area contributed by atoms with Crippen LogP contribution in [0.3, 0.4) is 0 Å². The molecule has 1 unspecified atom stereocenters. The summed E-state index contributed by atoms with van der Waals surface area (Å²) in [6.45, 7) is 13.4. The molecule has 2 heterocycles. The van der Waals surface area contributed by atoms with E-state index < -0.39 is 42.7 Å². The Morgan fingerprint density at radius 1 is 0.881 bits per heavy atom. The lowest BCUT2D eigenvalue weighted by Gasteiger charge is -2.61. The van der Waals surface area contributed by atoms with E-state index in [1.165, 1.54) is 57.8 Å². The minimum Gasteiger partial charge on any atom is -0.455 e. The Bertz CT molecular complexity index is 1710. The van der Waals surface area contributed by atoms with Crippen molar-refractivity contribution in [1.29, 1.82) is 0 Å². The molecule has 59 heavy (non-hydrogen) atoms. The Balaban J connectivity index is 0.980. The predicted octanol–water partition coefficient (Wildman–Crippen LogP) is 11.0. The number of ether oxygens (including phenoxy) is 5. The van der Waals surface area contributed by atoms with Crippen LogP contribution in [0.4, 0.5) is 4.79 Å². The first-order valence-electron chi connectivity index (χ1n) is 23.2. The zero-order chi connectivity index (χ0) is 41.3. The van der Waals surface area contributed by atoms with E-state index in [9.17, 15) is 9.59 Å². The number of amides is 1. The van der Waals surface area contributed by atoms with Crippen LogP contribution in [0, 0.1) is 52.3 Å². The summed E-state index contributed by atoms with van der Waals surface area (Å²) >= 11 is 5.97. The van der Waals surface area contributed by atoms with Gasteiger partial charge < -0.3 is 23.7 Å². The molecule has 6 aliphatic rings. The van der Waals surface area contributed by atoms with E-state index in [4.69, 9.17) is 35.3 Å². The van der Waals surface area contributed by atoms with E-state index >= 15 is 0 Å². The van der Waals surface area contributed by atoms with Crippen LogP contribution in [0.5, 0.6) is 0 Å². The van der Waals surface area contributed by atoms with Gasteiger partial charge in [0, 0.05) is 6.54 Å². The minimum absolute atomic E-state index is 0.0196. The van der Waals surface area contributed by atoms with Crippen molar-refractivity contribution in [2.75, 3.05) is 12.5 Å². The lowest BCUT2D eigenvalue weighted by molar-refractivity contribution is -0.292. The molecular formula is C50H70ClNO7. The van der Waals surface area contributed by atoms with Gasteiger partial charge in [0.15, 0.2) is 18.5 Å². The Labute approximate surface area is 358 Å². The van der Waals surface area contributed by atoms with Crippen molar-refractivity contribution in [2.24, 2.45) is 52.3 Å². The molecule has 8 rings (SSSR count). The van der Waals surface area contributed by atoms with Gasteiger partial charge in [0.2, 0.25) is 0 Å². The monoisotopic (exact) mass is 831 g/mol. The summed E-state index contributed by atoms with van der Waals surface area (Å²) in [6.07, 6.45) is 11.6. The smallest absolute Gasteiger partial charge is 0.411 e. The molecule has 1 amide bonds. The Kier molecular flexibility index (Phi) is 13.4. The summed E-state index contributed by atoms with van der Waals surface area (Å²) in [4.78, 5) is 28.2. The maximum absolute atomic E-state index is 13.8. The van der Waals surface area contributed by atoms with Gasteiger partial charge in [-0.1, -0.05) is 115 Å². The summed E-state index contributed by atoms with van der Waals surface area (Å²) < 4.78 is 32.2. The first-order chi connectivity index (χ1) is 28.5. The summed E-state index contributed by atoms with van der Waals surface area (Å²) in [5.41, 5.74) is 2.78. The number of benzene rings is 2. The fraction of sp³-hybridized carbons (Fsp3) is 0.720. The first kappa shape index (κ1) is 43.0. The van der Waals surface area contributed by atoms with Crippen LogP contribution in [-0.4, -0.2) is 66.2 Å². The van der Waals surface area contributed by atoms with E-state index in [1.807, 2.05) is 60.7 Å². The van der Waals surface area contributed by atoms with Gasteiger partial charge in [0.05, 0.1) is 19.3 Å².